The number of nitrogens with zero attached hydrogens (tertiary/aromatic N) is 1. The van der Waals surface area contributed by atoms with Crippen molar-refractivity contribution in [2.24, 2.45) is 4.99 Å². The first-order valence-electron chi connectivity index (χ1n) is 6.07. The molecule has 0 atom stereocenters. The highest BCUT2D eigenvalue weighted by molar-refractivity contribution is 5.86. The highest BCUT2D eigenvalue weighted by atomic mass is 16.7. The molecule has 0 fully saturated rings. The van der Waals surface area contributed by atoms with Crippen LogP contribution in [0.1, 0.15) is 5.56 Å². The number of hydrogen-bond acceptors (Lipinski definition) is 5. The fourth-order valence-electron chi connectivity index (χ4n) is 1.92. The lowest BCUT2D eigenvalue weighted by atomic mass is 10.2. The van der Waals surface area contributed by atoms with E-state index >= 15 is 0 Å². The van der Waals surface area contributed by atoms with E-state index in [1.165, 1.54) is 7.11 Å². The third-order valence-electron chi connectivity index (χ3n) is 2.96. The summed E-state index contributed by atoms with van der Waals surface area (Å²) in [6, 6.07) is 10.7. The van der Waals surface area contributed by atoms with Crippen LogP contribution in [0.5, 0.6) is 23.0 Å². The van der Waals surface area contributed by atoms with Gasteiger partial charge in [0.15, 0.2) is 23.0 Å². The Balaban J connectivity index is 1.87. The van der Waals surface area contributed by atoms with Crippen molar-refractivity contribution in [1.82, 2.24) is 0 Å². The average Bonchev–Trinajstić information content (AvgIpc) is 2.93. The van der Waals surface area contributed by atoms with Crippen LogP contribution in [0.25, 0.3) is 0 Å². The second-order valence-corrected chi connectivity index (χ2v) is 4.19. The molecule has 0 spiro atoms. The van der Waals surface area contributed by atoms with Gasteiger partial charge in [-0.25, -0.2) is 0 Å². The van der Waals surface area contributed by atoms with Gasteiger partial charge >= 0.3 is 0 Å². The Kier molecular flexibility index (Phi) is 3.16. The molecule has 1 N–H and O–H groups in total. The number of phenols is 1. The zero-order chi connectivity index (χ0) is 13.9. The van der Waals surface area contributed by atoms with Crippen LogP contribution < -0.4 is 14.2 Å². The van der Waals surface area contributed by atoms with Gasteiger partial charge in [0.25, 0.3) is 0 Å². The molecule has 2 aromatic carbocycles. The van der Waals surface area contributed by atoms with Gasteiger partial charge in [0.05, 0.1) is 12.8 Å². The Morgan fingerprint density at radius 1 is 1.20 bits per heavy atom. The molecule has 20 heavy (non-hydrogen) atoms. The molecule has 0 unspecified atom stereocenters. The monoisotopic (exact) mass is 271 g/mol. The Labute approximate surface area is 116 Å². The van der Waals surface area contributed by atoms with Crippen molar-refractivity contribution in [1.29, 1.82) is 0 Å². The molecule has 0 radical (unpaired) electrons. The molecule has 102 valence electrons. The number of aromatic hydroxyl groups is 1. The molecular weight excluding hydrogens is 258 g/mol. The molecule has 1 aliphatic rings. The van der Waals surface area contributed by atoms with E-state index in [-0.39, 0.29) is 12.5 Å². The van der Waals surface area contributed by atoms with Gasteiger partial charge in [0.1, 0.15) is 0 Å². The lowest BCUT2D eigenvalue weighted by Crippen LogP contribution is -1.92. The topological polar surface area (TPSA) is 60.3 Å². The zero-order valence-corrected chi connectivity index (χ0v) is 10.9. The summed E-state index contributed by atoms with van der Waals surface area (Å²) in [6.07, 6.45) is 1.58. The van der Waals surface area contributed by atoms with Crippen LogP contribution >= 0.6 is 0 Å². The van der Waals surface area contributed by atoms with Crippen molar-refractivity contribution in [3.05, 3.63) is 42.0 Å². The van der Waals surface area contributed by atoms with Gasteiger partial charge in [0.2, 0.25) is 6.79 Å². The summed E-state index contributed by atoms with van der Waals surface area (Å²) in [4.78, 5) is 4.31. The molecule has 1 aliphatic heterocycles. The van der Waals surface area contributed by atoms with E-state index in [2.05, 4.69) is 4.99 Å². The first kappa shape index (κ1) is 12.3. The first-order valence-corrected chi connectivity index (χ1v) is 6.07. The number of fused-ring (bicyclic) bond motifs is 1. The maximum atomic E-state index is 9.96. The van der Waals surface area contributed by atoms with E-state index < -0.39 is 0 Å². The van der Waals surface area contributed by atoms with Crippen LogP contribution in [-0.4, -0.2) is 25.2 Å². The third-order valence-corrected chi connectivity index (χ3v) is 2.96. The minimum Gasteiger partial charge on any atom is -0.504 e. The standard InChI is InChI=1S/C15H13NO4/c1-18-13-4-2-3-10(15(13)17)8-16-11-5-6-12-14(7-11)20-9-19-12/h2-8,17H,9H2,1H3. The van der Waals surface area contributed by atoms with Crippen molar-refractivity contribution in [3.63, 3.8) is 0 Å². The minimum absolute atomic E-state index is 0.0690. The molecule has 0 bridgehead atoms. The number of rotatable bonds is 3. The van der Waals surface area contributed by atoms with Crippen LogP contribution in [-0.2, 0) is 0 Å². The van der Waals surface area contributed by atoms with E-state index in [9.17, 15) is 5.11 Å². The summed E-state index contributed by atoms with van der Waals surface area (Å²) >= 11 is 0. The van der Waals surface area contributed by atoms with Crippen molar-refractivity contribution in [2.45, 2.75) is 0 Å². The molecule has 5 nitrogen and oxygen atoms in total. The smallest absolute Gasteiger partial charge is 0.231 e. The van der Waals surface area contributed by atoms with E-state index in [0.29, 0.717) is 22.8 Å². The summed E-state index contributed by atoms with van der Waals surface area (Å²) in [7, 11) is 1.51. The van der Waals surface area contributed by atoms with Crippen molar-refractivity contribution < 1.29 is 19.3 Å². The second-order valence-electron chi connectivity index (χ2n) is 4.19. The largest absolute Gasteiger partial charge is 0.504 e. The van der Waals surface area contributed by atoms with Gasteiger partial charge in [-0.1, -0.05) is 6.07 Å². The summed E-state index contributed by atoms with van der Waals surface area (Å²) in [5.74, 6) is 1.88. The van der Waals surface area contributed by atoms with Gasteiger partial charge in [0, 0.05) is 17.8 Å². The highest BCUT2D eigenvalue weighted by Gasteiger charge is 2.12. The van der Waals surface area contributed by atoms with Crippen LogP contribution in [0.4, 0.5) is 5.69 Å². The molecule has 2 aromatic rings. The predicted octanol–water partition coefficient (Wildman–Crippen LogP) is 2.88. The maximum Gasteiger partial charge on any atom is 0.231 e. The van der Waals surface area contributed by atoms with Crippen LogP contribution in [0.2, 0.25) is 0 Å². The molecule has 0 aliphatic carbocycles. The van der Waals surface area contributed by atoms with Crippen LogP contribution in [0.15, 0.2) is 41.4 Å². The zero-order valence-electron chi connectivity index (χ0n) is 10.9. The maximum absolute atomic E-state index is 9.96. The molecule has 1 heterocycles. The van der Waals surface area contributed by atoms with E-state index in [0.717, 1.165) is 5.69 Å². The quantitative estimate of drug-likeness (QED) is 0.872. The fourth-order valence-corrected chi connectivity index (χ4v) is 1.92. The number of benzene rings is 2. The fraction of sp³-hybridized carbons (Fsp3) is 0.133. The van der Waals surface area contributed by atoms with Crippen molar-refractivity contribution in [3.8, 4) is 23.0 Å². The predicted molar refractivity (Wildman–Crippen MR) is 74.5 cm³/mol. The average molecular weight is 271 g/mol. The Morgan fingerprint density at radius 2 is 2.05 bits per heavy atom. The number of aliphatic imine (C=N–C) groups is 1. The SMILES string of the molecule is COc1cccc(C=Nc2ccc3c(c2)OCO3)c1O. The van der Waals surface area contributed by atoms with Gasteiger partial charge in [-0.3, -0.25) is 4.99 Å². The summed E-state index contributed by atoms with van der Waals surface area (Å²) < 4.78 is 15.6. The van der Waals surface area contributed by atoms with Gasteiger partial charge in [-0.2, -0.15) is 0 Å². The molecule has 0 saturated carbocycles. The molecule has 5 heteroatoms. The number of para-hydroxylation sites is 1. The molecular formula is C15H13NO4. The molecule has 3 rings (SSSR count). The number of phenolic OH excluding ortho intramolecular Hbond substituents is 1. The lowest BCUT2D eigenvalue weighted by Gasteiger charge is -2.04. The van der Waals surface area contributed by atoms with E-state index in [1.807, 2.05) is 6.07 Å². The van der Waals surface area contributed by atoms with Crippen molar-refractivity contribution >= 4 is 11.9 Å². The molecule has 0 amide bonds. The minimum atomic E-state index is 0.0690. The van der Waals surface area contributed by atoms with E-state index in [4.69, 9.17) is 14.2 Å². The highest BCUT2D eigenvalue weighted by Crippen LogP contribution is 2.35. The number of hydrogen-bond donors (Lipinski definition) is 1. The molecule has 0 aromatic heterocycles. The Morgan fingerprint density at radius 3 is 2.90 bits per heavy atom. The van der Waals surface area contributed by atoms with Crippen LogP contribution in [0, 0.1) is 0 Å². The van der Waals surface area contributed by atoms with Crippen molar-refractivity contribution in [2.75, 3.05) is 13.9 Å². The van der Waals surface area contributed by atoms with Gasteiger partial charge in [-0.05, 0) is 24.3 Å². The normalized spacial score (nSPS) is 12.8. The Hall–Kier alpha value is -2.69. The van der Waals surface area contributed by atoms with E-state index in [1.54, 1.807) is 36.5 Å². The first-order chi connectivity index (χ1) is 9.78. The van der Waals surface area contributed by atoms with Gasteiger partial charge < -0.3 is 19.3 Å². The number of ether oxygens (including phenoxy) is 3. The second kappa shape index (κ2) is 5.13. The third kappa shape index (κ3) is 2.25. The Bertz CT molecular complexity index is 667. The summed E-state index contributed by atoms with van der Waals surface area (Å²) in [6.45, 7) is 0.235. The summed E-state index contributed by atoms with van der Waals surface area (Å²) in [5, 5.41) is 9.96. The van der Waals surface area contributed by atoms with Crippen LogP contribution in [0.3, 0.4) is 0 Å². The van der Waals surface area contributed by atoms with Gasteiger partial charge in [-0.15, -0.1) is 0 Å². The molecule has 0 saturated heterocycles. The lowest BCUT2D eigenvalue weighted by molar-refractivity contribution is 0.174. The number of methoxy groups -OCH3 is 1. The summed E-state index contributed by atoms with van der Waals surface area (Å²) in [5.41, 5.74) is 1.30.